The van der Waals surface area contributed by atoms with Crippen molar-refractivity contribution in [3.05, 3.63) is 65.2 Å². The molecule has 0 unspecified atom stereocenters. The van der Waals surface area contributed by atoms with Gasteiger partial charge in [0.1, 0.15) is 5.01 Å². The second-order valence-electron chi connectivity index (χ2n) is 7.84. The summed E-state index contributed by atoms with van der Waals surface area (Å²) in [5.74, 6) is -0.0934. The van der Waals surface area contributed by atoms with Gasteiger partial charge in [0.05, 0.1) is 11.8 Å². The van der Waals surface area contributed by atoms with Crippen molar-refractivity contribution in [1.82, 2.24) is 20.4 Å². The summed E-state index contributed by atoms with van der Waals surface area (Å²) in [6.45, 7) is 0.914. The van der Waals surface area contributed by atoms with Gasteiger partial charge < -0.3 is 16.0 Å². The molecule has 1 aliphatic heterocycles. The van der Waals surface area contributed by atoms with Gasteiger partial charge in [-0.05, 0) is 29.5 Å². The van der Waals surface area contributed by atoms with Crippen LogP contribution in [0.4, 0.5) is 5.13 Å². The molecule has 2 amide bonds. The first kappa shape index (κ1) is 21.0. The van der Waals surface area contributed by atoms with E-state index in [1.807, 2.05) is 30.3 Å². The summed E-state index contributed by atoms with van der Waals surface area (Å²) < 4.78 is 0. The van der Waals surface area contributed by atoms with Crippen LogP contribution in [0.1, 0.15) is 17.0 Å². The second kappa shape index (κ2) is 8.85. The Labute approximate surface area is 185 Å². The van der Waals surface area contributed by atoms with Gasteiger partial charge in [0.2, 0.25) is 16.9 Å². The van der Waals surface area contributed by atoms with Gasteiger partial charge in [-0.15, -0.1) is 10.2 Å². The molecule has 1 aliphatic rings. The first-order valence-electron chi connectivity index (χ1n) is 10.2. The van der Waals surface area contributed by atoms with Crippen molar-refractivity contribution in [1.29, 1.82) is 0 Å². The van der Waals surface area contributed by atoms with E-state index >= 15 is 0 Å². The van der Waals surface area contributed by atoms with Crippen LogP contribution in [-0.2, 0) is 22.4 Å². The van der Waals surface area contributed by atoms with Crippen molar-refractivity contribution in [2.24, 2.45) is 5.41 Å². The summed E-state index contributed by atoms with van der Waals surface area (Å²) in [4.78, 5) is 27.6. The predicted molar refractivity (Wildman–Crippen MR) is 121 cm³/mol. The lowest BCUT2D eigenvalue weighted by Crippen LogP contribution is -2.44. The van der Waals surface area contributed by atoms with Crippen molar-refractivity contribution in [2.45, 2.75) is 19.3 Å². The number of nitrogen functional groups attached to an aromatic ring is 1. The molecule has 0 spiro atoms. The summed E-state index contributed by atoms with van der Waals surface area (Å²) in [6.07, 6.45) is 1.33. The molecule has 1 saturated heterocycles. The molecule has 0 saturated carbocycles. The number of hydrogen-bond donors (Lipinski definition) is 2. The van der Waals surface area contributed by atoms with E-state index in [0.717, 1.165) is 16.7 Å². The summed E-state index contributed by atoms with van der Waals surface area (Å²) in [5.41, 5.74) is 8.28. The van der Waals surface area contributed by atoms with Gasteiger partial charge in [-0.25, -0.2) is 0 Å². The van der Waals surface area contributed by atoms with Crippen molar-refractivity contribution in [3.8, 4) is 11.1 Å². The number of hydrogen-bond acceptors (Lipinski definition) is 6. The van der Waals surface area contributed by atoms with E-state index in [0.29, 0.717) is 36.1 Å². The third-order valence-electron chi connectivity index (χ3n) is 5.83. The lowest BCUT2D eigenvalue weighted by Gasteiger charge is -2.28. The topological polar surface area (TPSA) is 101 Å². The number of carbonyl (C=O) groups is 2. The number of anilines is 1. The standard InChI is InChI=1S/C23H25N5O2S/c1-25-21(30)23(11-12-28(15-23)20(29)13-19-26-27-22(24)31-19)14-17-9-5-6-10-18(17)16-7-3-2-4-8-16/h2-10H,11-15H2,1H3,(H2,24,27)(H,25,30)/t23-/m0/s1. The third kappa shape index (κ3) is 4.44. The molecule has 2 aromatic carbocycles. The maximum atomic E-state index is 13.0. The summed E-state index contributed by atoms with van der Waals surface area (Å²) in [5, 5.41) is 11.5. The van der Waals surface area contributed by atoms with E-state index < -0.39 is 5.41 Å². The SMILES string of the molecule is CNC(=O)[C@]1(Cc2ccccc2-c2ccccc2)CCN(C(=O)Cc2nnc(N)s2)C1. The molecule has 160 valence electrons. The lowest BCUT2D eigenvalue weighted by molar-refractivity contribution is -0.132. The molecule has 1 atom stereocenters. The number of nitrogens with one attached hydrogen (secondary N) is 1. The molecule has 1 fully saturated rings. The van der Waals surface area contributed by atoms with E-state index in [9.17, 15) is 9.59 Å². The van der Waals surface area contributed by atoms with Crippen molar-refractivity contribution >= 4 is 28.3 Å². The number of amides is 2. The fourth-order valence-electron chi connectivity index (χ4n) is 4.28. The Hall–Kier alpha value is -3.26. The number of rotatable bonds is 6. The molecule has 1 aromatic heterocycles. The van der Waals surface area contributed by atoms with Crippen LogP contribution in [0.3, 0.4) is 0 Å². The minimum Gasteiger partial charge on any atom is -0.374 e. The van der Waals surface area contributed by atoms with E-state index in [2.05, 4.69) is 39.8 Å². The molecule has 7 nitrogen and oxygen atoms in total. The minimum absolute atomic E-state index is 0.0363. The Morgan fingerprint density at radius 3 is 2.58 bits per heavy atom. The van der Waals surface area contributed by atoms with Crippen molar-refractivity contribution in [3.63, 3.8) is 0 Å². The monoisotopic (exact) mass is 435 g/mol. The fraction of sp³-hybridized carbons (Fsp3) is 0.304. The van der Waals surface area contributed by atoms with Crippen LogP contribution >= 0.6 is 11.3 Å². The Morgan fingerprint density at radius 1 is 1.13 bits per heavy atom. The number of aromatic nitrogens is 2. The van der Waals surface area contributed by atoms with Gasteiger partial charge >= 0.3 is 0 Å². The number of carbonyl (C=O) groups excluding carboxylic acids is 2. The van der Waals surface area contributed by atoms with Crippen LogP contribution in [0, 0.1) is 5.41 Å². The molecule has 31 heavy (non-hydrogen) atoms. The number of likely N-dealkylation sites (tertiary alicyclic amines) is 1. The van der Waals surface area contributed by atoms with Gasteiger partial charge in [-0.3, -0.25) is 9.59 Å². The van der Waals surface area contributed by atoms with Gasteiger partial charge in [0, 0.05) is 20.1 Å². The zero-order valence-electron chi connectivity index (χ0n) is 17.4. The van der Waals surface area contributed by atoms with Crippen LogP contribution in [0.15, 0.2) is 54.6 Å². The zero-order valence-corrected chi connectivity index (χ0v) is 18.2. The molecule has 3 aromatic rings. The van der Waals surface area contributed by atoms with Gasteiger partial charge in [0.15, 0.2) is 0 Å². The van der Waals surface area contributed by atoms with E-state index in [4.69, 9.17) is 5.73 Å². The van der Waals surface area contributed by atoms with Crippen LogP contribution in [-0.4, -0.2) is 47.0 Å². The lowest BCUT2D eigenvalue weighted by atomic mass is 9.78. The van der Waals surface area contributed by atoms with Crippen LogP contribution in [0.5, 0.6) is 0 Å². The molecule has 8 heteroatoms. The summed E-state index contributed by atoms with van der Waals surface area (Å²) in [7, 11) is 1.65. The minimum atomic E-state index is -0.671. The highest BCUT2D eigenvalue weighted by Crippen LogP contribution is 2.37. The average Bonchev–Trinajstić information content (AvgIpc) is 3.41. The Balaban J connectivity index is 1.58. The Bertz CT molecular complexity index is 1080. The molecular formula is C23H25N5O2S. The second-order valence-corrected chi connectivity index (χ2v) is 8.93. The van der Waals surface area contributed by atoms with Crippen molar-refractivity contribution in [2.75, 3.05) is 25.9 Å². The maximum absolute atomic E-state index is 13.0. The quantitative estimate of drug-likeness (QED) is 0.620. The molecular weight excluding hydrogens is 410 g/mol. The van der Waals surface area contributed by atoms with Crippen LogP contribution in [0.25, 0.3) is 11.1 Å². The largest absolute Gasteiger partial charge is 0.374 e. The Morgan fingerprint density at radius 2 is 1.87 bits per heavy atom. The number of benzene rings is 2. The highest BCUT2D eigenvalue weighted by molar-refractivity contribution is 7.15. The highest BCUT2D eigenvalue weighted by Gasteiger charge is 2.45. The number of nitrogens with zero attached hydrogens (tertiary/aromatic N) is 3. The van der Waals surface area contributed by atoms with Crippen molar-refractivity contribution < 1.29 is 9.59 Å². The van der Waals surface area contributed by atoms with E-state index in [1.54, 1.807) is 11.9 Å². The van der Waals surface area contributed by atoms with Crippen LogP contribution < -0.4 is 11.1 Å². The molecule has 3 N–H and O–H groups in total. The Kier molecular flexibility index (Phi) is 5.99. The summed E-state index contributed by atoms with van der Waals surface area (Å²) in [6, 6.07) is 18.3. The average molecular weight is 436 g/mol. The predicted octanol–water partition coefficient (Wildman–Crippen LogP) is 2.54. The van der Waals surface area contributed by atoms with E-state index in [1.165, 1.54) is 11.3 Å². The first-order chi connectivity index (χ1) is 15.0. The molecule has 4 rings (SSSR count). The van der Waals surface area contributed by atoms with Crippen LogP contribution in [0.2, 0.25) is 0 Å². The van der Waals surface area contributed by atoms with Gasteiger partial charge in [-0.2, -0.15) is 0 Å². The smallest absolute Gasteiger partial charge is 0.229 e. The first-order valence-corrected chi connectivity index (χ1v) is 11.0. The van der Waals surface area contributed by atoms with Gasteiger partial charge in [-0.1, -0.05) is 65.9 Å². The summed E-state index contributed by atoms with van der Waals surface area (Å²) >= 11 is 1.22. The molecule has 0 aliphatic carbocycles. The molecule has 0 bridgehead atoms. The van der Waals surface area contributed by atoms with Gasteiger partial charge in [0.25, 0.3) is 0 Å². The number of nitrogens with two attached hydrogens (primary N) is 1. The van der Waals surface area contributed by atoms with E-state index in [-0.39, 0.29) is 18.2 Å². The third-order valence-corrected chi connectivity index (χ3v) is 6.58. The molecule has 0 radical (unpaired) electrons. The fourth-order valence-corrected chi connectivity index (χ4v) is 4.88. The molecule has 2 heterocycles. The maximum Gasteiger partial charge on any atom is 0.229 e. The normalized spacial score (nSPS) is 18.2. The zero-order chi connectivity index (χ0) is 21.8. The highest BCUT2D eigenvalue weighted by atomic mass is 32.1.